The lowest BCUT2D eigenvalue weighted by molar-refractivity contribution is -0.111. The van der Waals surface area contributed by atoms with Gasteiger partial charge in [0.1, 0.15) is 0 Å². The number of carbonyl (C=O) groups is 1. The Kier molecular flexibility index (Phi) is 4.51. The van der Waals surface area contributed by atoms with Gasteiger partial charge >= 0.3 is 0 Å². The number of hydrogen-bond acceptors (Lipinski definition) is 3. The van der Waals surface area contributed by atoms with Gasteiger partial charge in [0.25, 0.3) is 0 Å². The summed E-state index contributed by atoms with van der Waals surface area (Å²) in [6.07, 6.45) is 4.37. The molecule has 1 aliphatic heterocycles. The van der Waals surface area contributed by atoms with Crippen LogP contribution in [0.1, 0.15) is 22.3 Å². The Balaban J connectivity index is 1.67. The number of amides is 1. The van der Waals surface area contributed by atoms with Crippen LogP contribution in [0.15, 0.2) is 48.5 Å². The molecular weight excluding hydrogens is 286 g/mol. The molecule has 0 spiro atoms. The SMILES string of the molecule is N#Cc1cccc(NC(=O)/C=C/c2ccc3c(c2)CNCC3)c1. The monoisotopic (exact) mass is 303 g/mol. The molecule has 1 amide bonds. The smallest absolute Gasteiger partial charge is 0.248 e. The van der Waals surface area contributed by atoms with Crippen LogP contribution in [0.3, 0.4) is 0 Å². The van der Waals surface area contributed by atoms with Crippen LogP contribution < -0.4 is 10.6 Å². The van der Waals surface area contributed by atoms with E-state index in [1.165, 1.54) is 17.2 Å². The molecule has 4 nitrogen and oxygen atoms in total. The number of fused-ring (bicyclic) bond motifs is 1. The third-order valence-corrected chi connectivity index (χ3v) is 3.80. The summed E-state index contributed by atoms with van der Waals surface area (Å²) in [7, 11) is 0. The van der Waals surface area contributed by atoms with Gasteiger partial charge in [-0.3, -0.25) is 4.79 Å². The van der Waals surface area contributed by atoms with Gasteiger partial charge in [-0.25, -0.2) is 0 Å². The van der Waals surface area contributed by atoms with Crippen LogP contribution in [0.2, 0.25) is 0 Å². The fourth-order valence-electron chi connectivity index (χ4n) is 2.63. The number of nitrogens with zero attached hydrogens (tertiary/aromatic N) is 1. The molecule has 0 aromatic heterocycles. The van der Waals surface area contributed by atoms with Gasteiger partial charge in [-0.2, -0.15) is 5.26 Å². The number of benzene rings is 2. The molecule has 2 N–H and O–H groups in total. The minimum atomic E-state index is -0.212. The molecule has 0 fully saturated rings. The van der Waals surface area contributed by atoms with E-state index in [0.29, 0.717) is 11.3 Å². The summed E-state index contributed by atoms with van der Waals surface area (Å²) in [5.74, 6) is -0.212. The van der Waals surface area contributed by atoms with Crippen molar-refractivity contribution in [2.75, 3.05) is 11.9 Å². The Hall–Kier alpha value is -2.90. The van der Waals surface area contributed by atoms with Crippen molar-refractivity contribution >= 4 is 17.7 Å². The molecule has 0 saturated carbocycles. The van der Waals surface area contributed by atoms with Gasteiger partial charge in [0.05, 0.1) is 11.6 Å². The number of carbonyl (C=O) groups excluding carboxylic acids is 1. The van der Waals surface area contributed by atoms with Crippen LogP contribution in [-0.4, -0.2) is 12.5 Å². The predicted molar refractivity (Wildman–Crippen MR) is 90.7 cm³/mol. The second kappa shape index (κ2) is 6.91. The van der Waals surface area contributed by atoms with E-state index in [2.05, 4.69) is 28.8 Å². The summed E-state index contributed by atoms with van der Waals surface area (Å²) in [4.78, 5) is 12.0. The molecule has 0 aliphatic carbocycles. The number of nitriles is 1. The van der Waals surface area contributed by atoms with E-state index in [1.807, 2.05) is 6.07 Å². The highest BCUT2D eigenvalue weighted by atomic mass is 16.1. The molecule has 1 aliphatic rings. The number of rotatable bonds is 3. The van der Waals surface area contributed by atoms with Crippen LogP contribution in [0, 0.1) is 11.3 Å². The highest BCUT2D eigenvalue weighted by Crippen LogP contribution is 2.17. The first kappa shape index (κ1) is 15.0. The maximum Gasteiger partial charge on any atom is 0.248 e. The summed E-state index contributed by atoms with van der Waals surface area (Å²) in [6, 6.07) is 15.2. The van der Waals surface area contributed by atoms with Crippen LogP contribution >= 0.6 is 0 Å². The molecule has 4 heteroatoms. The Morgan fingerprint density at radius 2 is 2.13 bits per heavy atom. The first-order chi connectivity index (χ1) is 11.2. The molecule has 2 aromatic carbocycles. The predicted octanol–water partition coefficient (Wildman–Crippen LogP) is 2.86. The second-order valence-corrected chi connectivity index (χ2v) is 5.47. The van der Waals surface area contributed by atoms with Crippen molar-refractivity contribution in [3.63, 3.8) is 0 Å². The molecule has 0 bridgehead atoms. The number of nitrogens with one attached hydrogen (secondary N) is 2. The van der Waals surface area contributed by atoms with Gasteiger partial charge in [0.2, 0.25) is 5.91 Å². The van der Waals surface area contributed by atoms with Crippen molar-refractivity contribution < 1.29 is 4.79 Å². The molecule has 0 atom stereocenters. The first-order valence-corrected chi connectivity index (χ1v) is 7.56. The maximum absolute atomic E-state index is 12.0. The van der Waals surface area contributed by atoms with E-state index in [0.717, 1.165) is 25.1 Å². The lowest BCUT2D eigenvalue weighted by Gasteiger charge is -2.17. The summed E-state index contributed by atoms with van der Waals surface area (Å²) in [5.41, 5.74) is 4.81. The third-order valence-electron chi connectivity index (χ3n) is 3.80. The molecule has 2 aromatic rings. The van der Waals surface area contributed by atoms with Crippen LogP contribution in [0.25, 0.3) is 6.08 Å². The largest absolute Gasteiger partial charge is 0.322 e. The van der Waals surface area contributed by atoms with Crippen molar-refractivity contribution in [3.05, 3.63) is 70.8 Å². The summed E-state index contributed by atoms with van der Waals surface area (Å²) < 4.78 is 0. The van der Waals surface area contributed by atoms with E-state index >= 15 is 0 Å². The molecule has 114 valence electrons. The maximum atomic E-state index is 12.0. The van der Waals surface area contributed by atoms with E-state index in [-0.39, 0.29) is 5.91 Å². The topological polar surface area (TPSA) is 64.9 Å². The van der Waals surface area contributed by atoms with Crippen molar-refractivity contribution in [1.29, 1.82) is 5.26 Å². The zero-order valence-electron chi connectivity index (χ0n) is 12.7. The fraction of sp³-hybridized carbons (Fsp3) is 0.158. The normalized spacial score (nSPS) is 13.3. The lowest BCUT2D eigenvalue weighted by Crippen LogP contribution is -2.23. The van der Waals surface area contributed by atoms with Gasteiger partial charge in [0, 0.05) is 18.3 Å². The van der Waals surface area contributed by atoms with E-state index in [1.54, 1.807) is 30.3 Å². The van der Waals surface area contributed by atoms with Crippen molar-refractivity contribution in [2.24, 2.45) is 0 Å². The minimum absolute atomic E-state index is 0.212. The standard InChI is InChI=1S/C19H17N3O/c20-12-15-2-1-3-18(11-15)22-19(23)7-5-14-4-6-16-8-9-21-13-17(16)10-14/h1-7,10-11,21H,8-9,13H2,(H,22,23)/b7-5+. The zero-order valence-corrected chi connectivity index (χ0v) is 12.7. The first-order valence-electron chi connectivity index (χ1n) is 7.56. The average Bonchev–Trinajstić information content (AvgIpc) is 2.60. The summed E-state index contributed by atoms with van der Waals surface area (Å²) >= 11 is 0. The Labute approximate surface area is 135 Å². The van der Waals surface area contributed by atoms with Gasteiger partial charge in [0.15, 0.2) is 0 Å². The van der Waals surface area contributed by atoms with E-state index in [4.69, 9.17) is 5.26 Å². The molecule has 0 radical (unpaired) electrons. The highest BCUT2D eigenvalue weighted by Gasteiger charge is 2.08. The molecule has 1 heterocycles. The Bertz CT molecular complexity index is 803. The Morgan fingerprint density at radius 3 is 3.00 bits per heavy atom. The summed E-state index contributed by atoms with van der Waals surface area (Å²) in [5, 5.41) is 15.0. The minimum Gasteiger partial charge on any atom is -0.322 e. The quantitative estimate of drug-likeness (QED) is 0.857. The van der Waals surface area contributed by atoms with E-state index in [9.17, 15) is 4.79 Å². The van der Waals surface area contributed by atoms with Crippen LogP contribution in [-0.2, 0) is 17.8 Å². The van der Waals surface area contributed by atoms with E-state index < -0.39 is 0 Å². The molecular formula is C19H17N3O. The van der Waals surface area contributed by atoms with Crippen LogP contribution in [0.5, 0.6) is 0 Å². The van der Waals surface area contributed by atoms with Gasteiger partial charge in [-0.1, -0.05) is 24.3 Å². The third kappa shape index (κ3) is 3.85. The fourth-order valence-corrected chi connectivity index (χ4v) is 2.63. The van der Waals surface area contributed by atoms with Gasteiger partial charge < -0.3 is 10.6 Å². The molecule has 3 rings (SSSR count). The molecule has 0 saturated heterocycles. The Morgan fingerprint density at radius 1 is 1.22 bits per heavy atom. The lowest BCUT2D eigenvalue weighted by atomic mass is 9.98. The van der Waals surface area contributed by atoms with Gasteiger partial charge in [-0.05, 0) is 53.9 Å². The molecule has 23 heavy (non-hydrogen) atoms. The highest BCUT2D eigenvalue weighted by molar-refractivity contribution is 6.02. The number of hydrogen-bond donors (Lipinski definition) is 2. The number of anilines is 1. The van der Waals surface area contributed by atoms with Crippen molar-refractivity contribution in [1.82, 2.24) is 5.32 Å². The average molecular weight is 303 g/mol. The zero-order chi connectivity index (χ0) is 16.1. The summed E-state index contributed by atoms with van der Waals surface area (Å²) in [6.45, 7) is 1.90. The van der Waals surface area contributed by atoms with Crippen molar-refractivity contribution in [3.8, 4) is 6.07 Å². The van der Waals surface area contributed by atoms with Gasteiger partial charge in [-0.15, -0.1) is 0 Å². The second-order valence-electron chi connectivity index (χ2n) is 5.47. The van der Waals surface area contributed by atoms with Crippen LogP contribution in [0.4, 0.5) is 5.69 Å². The molecule has 0 unspecified atom stereocenters. The van der Waals surface area contributed by atoms with Crippen molar-refractivity contribution in [2.45, 2.75) is 13.0 Å².